The maximum atomic E-state index is 6.64. The van der Waals surface area contributed by atoms with Crippen molar-refractivity contribution < 1.29 is 0 Å². The molecule has 0 bridgehead atoms. The number of aryl methyl sites for hydroxylation is 2. The van der Waals surface area contributed by atoms with Crippen LogP contribution >= 0.6 is 0 Å². The van der Waals surface area contributed by atoms with Crippen molar-refractivity contribution in [1.29, 1.82) is 0 Å². The van der Waals surface area contributed by atoms with Gasteiger partial charge in [-0.15, -0.1) is 0 Å². The first-order chi connectivity index (χ1) is 9.56. The average molecular weight is 278 g/mol. The van der Waals surface area contributed by atoms with E-state index in [9.17, 15) is 0 Å². The summed E-state index contributed by atoms with van der Waals surface area (Å²) < 4.78 is 2.10. The van der Waals surface area contributed by atoms with Crippen molar-refractivity contribution in [3.05, 3.63) is 18.2 Å². The summed E-state index contributed by atoms with van der Waals surface area (Å²) in [5.74, 6) is 1.14. The standard InChI is InChI=1S/C16H30N4/c1-19(2)16(10-6-4-5-7-11-16)14(17)8-9-15-18-12-13-20(15)3/h12-14H,4-11,17H2,1-3H3. The van der Waals surface area contributed by atoms with Gasteiger partial charge in [0.1, 0.15) is 5.82 Å². The van der Waals surface area contributed by atoms with Crippen molar-refractivity contribution in [2.75, 3.05) is 14.1 Å². The van der Waals surface area contributed by atoms with Crippen LogP contribution in [0.1, 0.15) is 50.8 Å². The van der Waals surface area contributed by atoms with Crippen molar-refractivity contribution in [1.82, 2.24) is 14.5 Å². The van der Waals surface area contributed by atoms with Gasteiger partial charge in [0.05, 0.1) is 0 Å². The molecule has 4 nitrogen and oxygen atoms in total. The Labute approximate surface area is 123 Å². The van der Waals surface area contributed by atoms with Gasteiger partial charge in [0.2, 0.25) is 0 Å². The molecular weight excluding hydrogens is 248 g/mol. The minimum Gasteiger partial charge on any atom is -0.338 e. The highest BCUT2D eigenvalue weighted by atomic mass is 15.2. The van der Waals surface area contributed by atoms with E-state index in [1.807, 2.05) is 12.4 Å². The zero-order chi connectivity index (χ0) is 14.6. The average Bonchev–Trinajstić information content (AvgIpc) is 2.67. The lowest BCUT2D eigenvalue weighted by molar-refractivity contribution is 0.0930. The molecule has 0 radical (unpaired) electrons. The lowest BCUT2D eigenvalue weighted by Crippen LogP contribution is -2.57. The van der Waals surface area contributed by atoms with E-state index >= 15 is 0 Å². The molecule has 0 aromatic carbocycles. The third-order valence-corrected chi connectivity index (χ3v) is 5.15. The Balaban J connectivity index is 2.03. The highest BCUT2D eigenvalue weighted by molar-refractivity contribution is 5.00. The predicted molar refractivity (Wildman–Crippen MR) is 83.6 cm³/mol. The van der Waals surface area contributed by atoms with Crippen molar-refractivity contribution >= 4 is 0 Å². The molecule has 1 unspecified atom stereocenters. The van der Waals surface area contributed by atoms with Gasteiger partial charge in [-0.2, -0.15) is 0 Å². The Kier molecular flexibility index (Phi) is 5.22. The van der Waals surface area contributed by atoms with Crippen molar-refractivity contribution in [2.45, 2.75) is 62.9 Å². The third-order valence-electron chi connectivity index (χ3n) is 5.15. The molecule has 4 heteroatoms. The van der Waals surface area contributed by atoms with Gasteiger partial charge in [-0.3, -0.25) is 0 Å². The molecule has 1 fully saturated rings. The molecule has 1 aromatic rings. The van der Waals surface area contributed by atoms with Gasteiger partial charge in [-0.05, 0) is 33.4 Å². The fraction of sp³-hybridized carbons (Fsp3) is 0.812. The first-order valence-corrected chi connectivity index (χ1v) is 7.95. The normalized spacial score (nSPS) is 20.9. The zero-order valence-electron chi connectivity index (χ0n) is 13.3. The first-order valence-electron chi connectivity index (χ1n) is 7.95. The highest BCUT2D eigenvalue weighted by Crippen LogP contribution is 2.34. The molecule has 1 saturated carbocycles. The van der Waals surface area contributed by atoms with Gasteiger partial charge in [0, 0.05) is 37.4 Å². The van der Waals surface area contributed by atoms with Crippen LogP contribution in [0.25, 0.3) is 0 Å². The number of hydrogen-bond donors (Lipinski definition) is 1. The van der Waals surface area contributed by atoms with Gasteiger partial charge in [-0.25, -0.2) is 4.98 Å². The Morgan fingerprint density at radius 2 is 1.95 bits per heavy atom. The number of likely N-dealkylation sites (N-methyl/N-ethyl adjacent to an activating group) is 1. The summed E-state index contributed by atoms with van der Waals surface area (Å²) in [6.07, 6.45) is 13.7. The molecule has 20 heavy (non-hydrogen) atoms. The molecule has 2 rings (SSSR count). The summed E-state index contributed by atoms with van der Waals surface area (Å²) in [5, 5.41) is 0. The van der Waals surface area contributed by atoms with Crippen LogP contribution in [0.4, 0.5) is 0 Å². The highest BCUT2D eigenvalue weighted by Gasteiger charge is 2.38. The molecule has 0 spiro atoms. The van der Waals surface area contributed by atoms with E-state index in [-0.39, 0.29) is 11.6 Å². The summed E-state index contributed by atoms with van der Waals surface area (Å²) in [5.41, 5.74) is 6.82. The summed E-state index contributed by atoms with van der Waals surface area (Å²) in [7, 11) is 6.46. The van der Waals surface area contributed by atoms with Crippen molar-refractivity contribution in [2.24, 2.45) is 12.8 Å². The van der Waals surface area contributed by atoms with Gasteiger partial charge in [0.25, 0.3) is 0 Å². The van der Waals surface area contributed by atoms with Crippen LogP contribution in [0, 0.1) is 0 Å². The summed E-state index contributed by atoms with van der Waals surface area (Å²) >= 11 is 0. The number of nitrogens with zero attached hydrogens (tertiary/aromatic N) is 3. The lowest BCUT2D eigenvalue weighted by atomic mass is 9.80. The van der Waals surface area contributed by atoms with E-state index in [0.717, 1.165) is 18.7 Å². The maximum Gasteiger partial charge on any atom is 0.108 e. The molecule has 1 atom stereocenters. The minimum atomic E-state index is 0.182. The number of nitrogens with two attached hydrogens (primary N) is 1. The van der Waals surface area contributed by atoms with Crippen LogP contribution in [0.3, 0.4) is 0 Å². The Hall–Kier alpha value is -0.870. The number of aromatic nitrogens is 2. The molecule has 1 heterocycles. The summed E-state index contributed by atoms with van der Waals surface area (Å²) in [6, 6.07) is 0.229. The van der Waals surface area contributed by atoms with E-state index in [1.54, 1.807) is 0 Å². The van der Waals surface area contributed by atoms with Crippen LogP contribution < -0.4 is 5.73 Å². The minimum absolute atomic E-state index is 0.182. The summed E-state index contributed by atoms with van der Waals surface area (Å²) in [6.45, 7) is 0. The molecule has 1 aliphatic carbocycles. The Morgan fingerprint density at radius 3 is 2.45 bits per heavy atom. The smallest absolute Gasteiger partial charge is 0.108 e. The van der Waals surface area contributed by atoms with Crippen LogP contribution in [0.15, 0.2) is 12.4 Å². The Morgan fingerprint density at radius 1 is 1.30 bits per heavy atom. The number of rotatable bonds is 5. The molecule has 1 aliphatic rings. The first kappa shape index (κ1) is 15.5. The van der Waals surface area contributed by atoms with Gasteiger partial charge in [-0.1, -0.05) is 25.7 Å². The van der Waals surface area contributed by atoms with Crippen LogP contribution in [0.5, 0.6) is 0 Å². The van der Waals surface area contributed by atoms with Crippen LogP contribution in [0.2, 0.25) is 0 Å². The van der Waals surface area contributed by atoms with Gasteiger partial charge < -0.3 is 15.2 Å². The quantitative estimate of drug-likeness (QED) is 0.841. The maximum absolute atomic E-state index is 6.64. The molecule has 1 aromatic heterocycles. The van der Waals surface area contributed by atoms with Crippen LogP contribution in [-0.4, -0.2) is 40.1 Å². The molecular formula is C16H30N4. The molecule has 0 amide bonds. The molecule has 0 aliphatic heterocycles. The van der Waals surface area contributed by atoms with E-state index < -0.39 is 0 Å². The monoisotopic (exact) mass is 278 g/mol. The third kappa shape index (κ3) is 3.23. The SMILES string of the molecule is CN(C)C1(C(N)CCc2nccn2C)CCCCCC1. The zero-order valence-corrected chi connectivity index (χ0v) is 13.3. The fourth-order valence-corrected chi connectivity index (χ4v) is 3.68. The topological polar surface area (TPSA) is 47.1 Å². The Bertz CT molecular complexity index is 402. The second-order valence-corrected chi connectivity index (χ2v) is 6.51. The van der Waals surface area contributed by atoms with Crippen molar-refractivity contribution in [3.63, 3.8) is 0 Å². The molecule has 114 valence electrons. The fourth-order valence-electron chi connectivity index (χ4n) is 3.68. The largest absolute Gasteiger partial charge is 0.338 e. The van der Waals surface area contributed by atoms with E-state index in [0.29, 0.717) is 0 Å². The van der Waals surface area contributed by atoms with Gasteiger partial charge in [0.15, 0.2) is 0 Å². The van der Waals surface area contributed by atoms with E-state index in [2.05, 4.69) is 35.6 Å². The lowest BCUT2D eigenvalue weighted by Gasteiger charge is -2.44. The molecule has 2 N–H and O–H groups in total. The second kappa shape index (κ2) is 6.72. The number of imidazole rings is 1. The van der Waals surface area contributed by atoms with Gasteiger partial charge >= 0.3 is 0 Å². The molecule has 0 saturated heterocycles. The van der Waals surface area contributed by atoms with Crippen LogP contribution in [-0.2, 0) is 13.5 Å². The van der Waals surface area contributed by atoms with E-state index in [1.165, 1.54) is 38.5 Å². The van der Waals surface area contributed by atoms with Crippen molar-refractivity contribution in [3.8, 4) is 0 Å². The predicted octanol–water partition coefficient (Wildman–Crippen LogP) is 2.33. The second-order valence-electron chi connectivity index (χ2n) is 6.51. The summed E-state index contributed by atoms with van der Waals surface area (Å²) in [4.78, 5) is 6.80. The van der Waals surface area contributed by atoms with E-state index in [4.69, 9.17) is 5.73 Å². The number of hydrogen-bond acceptors (Lipinski definition) is 3.